The molecule has 4 rings (SSSR count). The van der Waals surface area contributed by atoms with Crippen molar-refractivity contribution in [1.82, 2.24) is 14.8 Å². The van der Waals surface area contributed by atoms with E-state index in [0.717, 1.165) is 50.8 Å². The van der Waals surface area contributed by atoms with Crippen molar-refractivity contribution in [1.29, 1.82) is 0 Å². The molecule has 0 N–H and O–H groups in total. The second-order valence-electron chi connectivity index (χ2n) is 7.78. The van der Waals surface area contributed by atoms with Gasteiger partial charge in [-0.05, 0) is 56.3 Å². The number of carbonyl (C=O) groups is 1. The van der Waals surface area contributed by atoms with Crippen LogP contribution in [0.5, 0.6) is 0 Å². The summed E-state index contributed by atoms with van der Waals surface area (Å²) in [5.41, 5.74) is 4.15. The Balaban J connectivity index is 1.63. The van der Waals surface area contributed by atoms with Gasteiger partial charge in [0, 0.05) is 31.2 Å². The third kappa shape index (κ3) is 3.91. The highest BCUT2D eigenvalue weighted by atomic mass is 35.5. The van der Waals surface area contributed by atoms with Crippen molar-refractivity contribution in [3.63, 3.8) is 0 Å². The van der Waals surface area contributed by atoms with Crippen LogP contribution in [-0.4, -0.2) is 40.8 Å². The smallest absolute Gasteiger partial charge is 0.254 e. The Labute approximate surface area is 176 Å². The Bertz CT molecular complexity index is 880. The summed E-state index contributed by atoms with van der Waals surface area (Å²) in [7, 11) is 2.10. The molecule has 148 valence electrons. The van der Waals surface area contributed by atoms with E-state index in [1.165, 1.54) is 11.1 Å². The highest BCUT2D eigenvalue weighted by Crippen LogP contribution is 2.35. The molecule has 1 aliphatic heterocycles. The molecular weight excluding hydrogens is 393 g/mol. The molecular formula is C22H25Cl2N3O. The molecule has 0 radical (unpaired) electrons. The first kappa shape index (κ1) is 19.7. The molecule has 2 heterocycles. The first-order chi connectivity index (χ1) is 13.5. The minimum absolute atomic E-state index is 0.0103. The van der Waals surface area contributed by atoms with Crippen molar-refractivity contribution in [3.05, 3.63) is 62.9 Å². The highest BCUT2D eigenvalue weighted by molar-refractivity contribution is 6.33. The molecule has 0 bridgehead atoms. The average molecular weight is 418 g/mol. The molecule has 0 spiro atoms. The Morgan fingerprint density at radius 2 is 1.96 bits per heavy atom. The Morgan fingerprint density at radius 3 is 2.75 bits per heavy atom. The van der Waals surface area contributed by atoms with Crippen LogP contribution in [0.25, 0.3) is 0 Å². The molecule has 1 fully saturated rings. The number of likely N-dealkylation sites (tertiary alicyclic amines) is 1. The Kier molecular flexibility index (Phi) is 5.91. The van der Waals surface area contributed by atoms with Crippen LogP contribution in [0.3, 0.4) is 0 Å². The average Bonchev–Trinajstić information content (AvgIpc) is 3.23. The number of rotatable bonds is 4. The van der Waals surface area contributed by atoms with E-state index in [-0.39, 0.29) is 11.1 Å². The maximum absolute atomic E-state index is 13.1. The summed E-state index contributed by atoms with van der Waals surface area (Å²) in [6, 6.07) is 10.6. The second kappa shape index (κ2) is 8.40. The van der Waals surface area contributed by atoms with Gasteiger partial charge in [-0.3, -0.25) is 9.69 Å². The third-order valence-corrected chi connectivity index (χ3v) is 6.45. The summed E-state index contributed by atoms with van der Waals surface area (Å²) in [5.74, 6) is 0.0103. The minimum Gasteiger partial charge on any atom is -0.339 e. The van der Waals surface area contributed by atoms with E-state index in [2.05, 4.69) is 41.2 Å². The molecule has 1 atom stereocenters. The number of carbonyl (C=O) groups excluding carboxylic acids is 1. The summed E-state index contributed by atoms with van der Waals surface area (Å²) < 4.78 is 0. The zero-order valence-corrected chi connectivity index (χ0v) is 17.6. The summed E-state index contributed by atoms with van der Waals surface area (Å²) in [5, 5.41) is 0.591. The number of halogens is 2. The lowest BCUT2D eigenvalue weighted by atomic mass is 9.87. The number of benzene rings is 1. The van der Waals surface area contributed by atoms with E-state index < -0.39 is 0 Å². The van der Waals surface area contributed by atoms with E-state index in [4.69, 9.17) is 23.2 Å². The van der Waals surface area contributed by atoms with Crippen molar-refractivity contribution in [2.45, 2.75) is 44.7 Å². The molecule has 1 aliphatic carbocycles. The fourth-order valence-electron chi connectivity index (χ4n) is 4.49. The normalized spacial score (nSPS) is 19.1. The van der Waals surface area contributed by atoms with Gasteiger partial charge in [0.25, 0.3) is 5.91 Å². The van der Waals surface area contributed by atoms with E-state index in [0.29, 0.717) is 23.3 Å². The van der Waals surface area contributed by atoms with E-state index in [1.807, 2.05) is 4.90 Å². The van der Waals surface area contributed by atoms with Crippen molar-refractivity contribution in [2.75, 3.05) is 20.1 Å². The number of pyridine rings is 1. The third-order valence-electron chi connectivity index (χ3n) is 5.94. The first-order valence-corrected chi connectivity index (χ1v) is 10.7. The van der Waals surface area contributed by atoms with Gasteiger partial charge >= 0.3 is 0 Å². The lowest BCUT2D eigenvalue weighted by molar-refractivity contribution is 0.0790. The molecule has 28 heavy (non-hydrogen) atoms. The lowest BCUT2D eigenvalue weighted by Gasteiger charge is -2.34. The predicted molar refractivity (Wildman–Crippen MR) is 113 cm³/mol. The zero-order valence-electron chi connectivity index (χ0n) is 16.1. The number of aromatic nitrogens is 1. The Hall–Kier alpha value is -1.62. The number of hydrogen-bond donors (Lipinski definition) is 0. The van der Waals surface area contributed by atoms with Crippen LogP contribution in [0.2, 0.25) is 10.3 Å². The van der Waals surface area contributed by atoms with Crippen LogP contribution in [0.1, 0.15) is 58.8 Å². The van der Waals surface area contributed by atoms with E-state index in [9.17, 15) is 4.79 Å². The molecule has 1 aromatic heterocycles. The summed E-state index contributed by atoms with van der Waals surface area (Å²) in [4.78, 5) is 21.5. The fourth-order valence-corrected chi connectivity index (χ4v) is 4.98. The monoisotopic (exact) mass is 417 g/mol. The Morgan fingerprint density at radius 1 is 1.21 bits per heavy atom. The van der Waals surface area contributed by atoms with E-state index in [1.54, 1.807) is 6.07 Å². The van der Waals surface area contributed by atoms with Gasteiger partial charge in [-0.2, -0.15) is 0 Å². The molecule has 2 aromatic rings. The van der Waals surface area contributed by atoms with Crippen molar-refractivity contribution < 1.29 is 4.79 Å². The van der Waals surface area contributed by atoms with Crippen LogP contribution in [0.15, 0.2) is 30.3 Å². The molecule has 4 nitrogen and oxygen atoms in total. The summed E-state index contributed by atoms with van der Waals surface area (Å²) in [6.07, 6.45) is 5.49. The quantitative estimate of drug-likeness (QED) is 0.646. The number of amides is 1. The number of hydrogen-bond acceptors (Lipinski definition) is 3. The molecule has 1 amide bonds. The van der Waals surface area contributed by atoms with Crippen molar-refractivity contribution in [2.24, 2.45) is 0 Å². The maximum Gasteiger partial charge on any atom is 0.254 e. The molecule has 0 unspecified atom stereocenters. The number of nitrogens with zero attached hydrogens (tertiary/aromatic N) is 3. The number of fused-ring (bicyclic) bond motifs is 1. The summed E-state index contributed by atoms with van der Waals surface area (Å²) in [6.45, 7) is 2.15. The molecule has 1 saturated heterocycles. The van der Waals surface area contributed by atoms with Gasteiger partial charge in [-0.1, -0.05) is 47.5 Å². The topological polar surface area (TPSA) is 36.4 Å². The van der Waals surface area contributed by atoms with E-state index >= 15 is 0 Å². The van der Waals surface area contributed by atoms with Crippen LogP contribution >= 0.6 is 23.2 Å². The van der Waals surface area contributed by atoms with Crippen LogP contribution < -0.4 is 0 Å². The number of aryl methyl sites for hydroxylation is 1. The molecule has 0 saturated carbocycles. The predicted octanol–water partition coefficient (Wildman–Crippen LogP) is 5.13. The molecule has 2 aliphatic rings. The SMILES string of the molecule is CN(Cc1c(C(=O)N2CCCC2)cc(Cl)nc1Cl)[C@H]1CCCc2ccccc21. The van der Waals surface area contributed by atoms with Crippen molar-refractivity contribution in [3.8, 4) is 0 Å². The van der Waals surface area contributed by atoms with Gasteiger partial charge in [0.15, 0.2) is 0 Å². The minimum atomic E-state index is 0.0103. The van der Waals surface area contributed by atoms with Gasteiger partial charge in [0.05, 0.1) is 5.56 Å². The first-order valence-electron chi connectivity index (χ1n) is 9.97. The second-order valence-corrected chi connectivity index (χ2v) is 8.53. The van der Waals surface area contributed by atoms with Crippen LogP contribution in [0.4, 0.5) is 0 Å². The van der Waals surface area contributed by atoms with Gasteiger partial charge in [-0.15, -0.1) is 0 Å². The van der Waals surface area contributed by atoms with Crippen LogP contribution in [0, 0.1) is 0 Å². The van der Waals surface area contributed by atoms with Gasteiger partial charge in [0.1, 0.15) is 10.3 Å². The largest absolute Gasteiger partial charge is 0.339 e. The van der Waals surface area contributed by atoms with Gasteiger partial charge in [0.2, 0.25) is 0 Å². The maximum atomic E-state index is 13.1. The highest BCUT2D eigenvalue weighted by Gasteiger charge is 2.28. The summed E-state index contributed by atoms with van der Waals surface area (Å²) >= 11 is 12.6. The molecule has 6 heteroatoms. The lowest BCUT2D eigenvalue weighted by Crippen LogP contribution is -2.31. The molecule has 1 aromatic carbocycles. The van der Waals surface area contributed by atoms with Crippen LogP contribution in [-0.2, 0) is 13.0 Å². The standard InChI is InChI=1S/C22H25Cl2N3O/c1-26(19-10-6-8-15-7-2-3-9-16(15)19)14-18-17(13-20(23)25-21(18)24)22(28)27-11-4-5-12-27/h2-3,7,9,13,19H,4-6,8,10-12,14H2,1H3/t19-/m0/s1. The van der Waals surface area contributed by atoms with Gasteiger partial charge < -0.3 is 4.90 Å². The fraction of sp³-hybridized carbons (Fsp3) is 0.455. The van der Waals surface area contributed by atoms with Crippen molar-refractivity contribution >= 4 is 29.1 Å². The zero-order chi connectivity index (χ0) is 19.7. The van der Waals surface area contributed by atoms with Gasteiger partial charge in [-0.25, -0.2) is 4.98 Å².